The molecule has 0 bridgehead atoms. The van der Waals surface area contributed by atoms with Crippen LogP contribution in [-0.2, 0) is 6.54 Å². The van der Waals surface area contributed by atoms with Crippen LogP contribution in [0.5, 0.6) is 5.75 Å². The van der Waals surface area contributed by atoms with Gasteiger partial charge in [-0.15, -0.1) is 10.2 Å². The Hall–Kier alpha value is -2.21. The van der Waals surface area contributed by atoms with Gasteiger partial charge in [-0.25, -0.2) is 0 Å². The topological polar surface area (TPSA) is 52.8 Å². The van der Waals surface area contributed by atoms with E-state index in [-0.39, 0.29) is 0 Å². The number of rotatable bonds is 5. The number of tetrazole rings is 1. The zero-order chi connectivity index (χ0) is 15.4. The van der Waals surface area contributed by atoms with E-state index in [0.29, 0.717) is 19.0 Å². The minimum absolute atomic E-state index is 0.497. The monoisotopic (exact) mass is 358 g/mol. The number of aryl methyl sites for hydroxylation is 1. The lowest BCUT2D eigenvalue weighted by atomic mass is 10.2. The van der Waals surface area contributed by atoms with E-state index in [9.17, 15) is 0 Å². The van der Waals surface area contributed by atoms with Crippen molar-refractivity contribution in [1.29, 1.82) is 0 Å². The number of nitrogens with zero attached hydrogens (tertiary/aromatic N) is 4. The fraction of sp³-hybridized carbons (Fsp3) is 0.188. The van der Waals surface area contributed by atoms with Crippen molar-refractivity contribution < 1.29 is 4.74 Å². The molecule has 5 nitrogen and oxygen atoms in total. The number of aromatic nitrogens is 4. The summed E-state index contributed by atoms with van der Waals surface area (Å²) in [5.41, 5.74) is 2.04. The first-order valence-electron chi connectivity index (χ1n) is 6.95. The fourth-order valence-corrected chi connectivity index (χ4v) is 2.51. The zero-order valence-corrected chi connectivity index (χ0v) is 13.7. The molecule has 0 unspecified atom stereocenters. The van der Waals surface area contributed by atoms with Gasteiger partial charge in [0, 0.05) is 10.0 Å². The molecule has 0 aliphatic heterocycles. The fourth-order valence-electron chi connectivity index (χ4n) is 2.04. The molecular weight excluding hydrogens is 344 g/mol. The second-order valence-corrected chi connectivity index (χ2v) is 5.66. The van der Waals surface area contributed by atoms with Gasteiger partial charge < -0.3 is 4.74 Å². The molecule has 0 radical (unpaired) electrons. The minimum atomic E-state index is 0.497. The second-order valence-electron chi connectivity index (χ2n) is 4.80. The van der Waals surface area contributed by atoms with E-state index in [0.717, 1.165) is 21.3 Å². The second kappa shape index (κ2) is 6.70. The number of hydrogen-bond acceptors (Lipinski definition) is 4. The van der Waals surface area contributed by atoms with Gasteiger partial charge in [0.15, 0.2) is 0 Å². The molecule has 0 N–H and O–H groups in total. The third kappa shape index (κ3) is 3.33. The summed E-state index contributed by atoms with van der Waals surface area (Å²) < 4.78 is 6.69. The molecule has 1 aromatic heterocycles. The van der Waals surface area contributed by atoms with Crippen LogP contribution in [-0.4, -0.2) is 26.8 Å². The van der Waals surface area contributed by atoms with Crippen LogP contribution in [0.15, 0.2) is 53.0 Å². The quantitative estimate of drug-likeness (QED) is 0.700. The molecule has 0 aliphatic carbocycles. The molecule has 0 amide bonds. The summed E-state index contributed by atoms with van der Waals surface area (Å²) in [4.78, 5) is 1.55. The van der Waals surface area contributed by atoms with Crippen LogP contribution >= 0.6 is 15.9 Å². The Balaban J connectivity index is 1.63. The van der Waals surface area contributed by atoms with E-state index < -0.39 is 0 Å². The zero-order valence-electron chi connectivity index (χ0n) is 12.1. The van der Waals surface area contributed by atoms with E-state index in [1.54, 1.807) is 4.80 Å². The van der Waals surface area contributed by atoms with Gasteiger partial charge in [0.05, 0.1) is 6.54 Å². The maximum atomic E-state index is 5.74. The first-order chi connectivity index (χ1) is 10.7. The number of halogens is 1. The van der Waals surface area contributed by atoms with E-state index in [1.165, 1.54) is 0 Å². The first-order valence-corrected chi connectivity index (χ1v) is 7.74. The van der Waals surface area contributed by atoms with Gasteiger partial charge in [-0.05, 0) is 35.9 Å². The van der Waals surface area contributed by atoms with Crippen LogP contribution in [0.2, 0.25) is 0 Å². The minimum Gasteiger partial charge on any atom is -0.491 e. The molecule has 2 aromatic carbocycles. The van der Waals surface area contributed by atoms with Crippen LogP contribution in [0.1, 0.15) is 5.56 Å². The molecule has 0 aliphatic rings. The smallest absolute Gasteiger partial charge is 0.206 e. The third-order valence-corrected chi connectivity index (χ3v) is 3.90. The van der Waals surface area contributed by atoms with E-state index in [2.05, 4.69) is 31.3 Å². The molecule has 112 valence electrons. The number of benzene rings is 2. The molecule has 6 heteroatoms. The lowest BCUT2D eigenvalue weighted by Gasteiger charge is -2.07. The summed E-state index contributed by atoms with van der Waals surface area (Å²) in [6.07, 6.45) is 0. The van der Waals surface area contributed by atoms with Crippen molar-refractivity contribution >= 4 is 15.9 Å². The maximum Gasteiger partial charge on any atom is 0.206 e. The Bertz CT molecular complexity index is 772. The summed E-state index contributed by atoms with van der Waals surface area (Å²) in [5, 5.41) is 12.5. The van der Waals surface area contributed by atoms with Crippen molar-refractivity contribution in [2.45, 2.75) is 13.5 Å². The predicted octanol–water partition coefficient (Wildman–Crippen LogP) is 3.49. The average molecular weight is 359 g/mol. The van der Waals surface area contributed by atoms with Crippen molar-refractivity contribution in [3.05, 3.63) is 58.6 Å². The Morgan fingerprint density at radius 1 is 1.09 bits per heavy atom. The largest absolute Gasteiger partial charge is 0.491 e. The lowest BCUT2D eigenvalue weighted by Crippen LogP contribution is -2.11. The van der Waals surface area contributed by atoms with Crippen molar-refractivity contribution in [1.82, 2.24) is 20.2 Å². The van der Waals surface area contributed by atoms with Crippen molar-refractivity contribution in [3.63, 3.8) is 0 Å². The van der Waals surface area contributed by atoms with Crippen LogP contribution in [0.4, 0.5) is 0 Å². The lowest BCUT2D eigenvalue weighted by molar-refractivity contribution is 0.279. The molecule has 0 fully saturated rings. The standard InChI is InChI=1S/C16H15BrN4O/c1-12-6-2-5-9-15(12)22-11-10-21-19-16(18-20-21)13-7-3-4-8-14(13)17/h2-9H,10-11H2,1H3. The molecule has 0 saturated carbocycles. The van der Waals surface area contributed by atoms with Gasteiger partial charge in [-0.3, -0.25) is 0 Å². The highest BCUT2D eigenvalue weighted by atomic mass is 79.9. The van der Waals surface area contributed by atoms with E-state index >= 15 is 0 Å². The van der Waals surface area contributed by atoms with E-state index in [4.69, 9.17) is 4.74 Å². The van der Waals surface area contributed by atoms with Crippen molar-refractivity contribution in [2.24, 2.45) is 0 Å². The maximum absolute atomic E-state index is 5.74. The summed E-state index contributed by atoms with van der Waals surface area (Å²) in [6, 6.07) is 15.7. The molecular formula is C16H15BrN4O. The van der Waals surface area contributed by atoms with Crippen LogP contribution in [0.25, 0.3) is 11.4 Å². The molecule has 3 rings (SSSR count). The predicted molar refractivity (Wildman–Crippen MR) is 87.6 cm³/mol. The molecule has 3 aromatic rings. The first kappa shape index (κ1) is 14.7. The Labute approximate surface area is 137 Å². The highest BCUT2D eigenvalue weighted by Gasteiger charge is 2.09. The molecule has 0 saturated heterocycles. The Kier molecular flexibility index (Phi) is 4.48. The average Bonchev–Trinajstić information content (AvgIpc) is 2.98. The molecule has 22 heavy (non-hydrogen) atoms. The van der Waals surface area contributed by atoms with E-state index in [1.807, 2.05) is 55.5 Å². The van der Waals surface area contributed by atoms with Gasteiger partial charge in [0.1, 0.15) is 12.4 Å². The highest BCUT2D eigenvalue weighted by Crippen LogP contribution is 2.24. The van der Waals surface area contributed by atoms with Gasteiger partial charge in [-0.2, -0.15) is 4.80 Å². The number of para-hydroxylation sites is 1. The van der Waals surface area contributed by atoms with Crippen LogP contribution < -0.4 is 4.74 Å². The van der Waals surface area contributed by atoms with Crippen LogP contribution in [0, 0.1) is 6.92 Å². The van der Waals surface area contributed by atoms with Gasteiger partial charge in [-0.1, -0.05) is 46.3 Å². The SMILES string of the molecule is Cc1ccccc1OCCn1nnc(-c2ccccc2Br)n1. The van der Waals surface area contributed by atoms with Crippen LogP contribution in [0.3, 0.4) is 0 Å². The normalized spacial score (nSPS) is 10.6. The number of ether oxygens (including phenoxy) is 1. The number of hydrogen-bond donors (Lipinski definition) is 0. The summed E-state index contributed by atoms with van der Waals surface area (Å²) in [5.74, 6) is 1.48. The Morgan fingerprint density at radius 2 is 1.86 bits per heavy atom. The van der Waals surface area contributed by atoms with Gasteiger partial charge in [0.2, 0.25) is 5.82 Å². The van der Waals surface area contributed by atoms with Crippen molar-refractivity contribution in [2.75, 3.05) is 6.61 Å². The molecule has 0 spiro atoms. The third-order valence-electron chi connectivity index (χ3n) is 3.21. The molecule has 1 heterocycles. The van der Waals surface area contributed by atoms with Gasteiger partial charge in [0.25, 0.3) is 0 Å². The Morgan fingerprint density at radius 3 is 2.68 bits per heavy atom. The molecule has 0 atom stereocenters. The summed E-state index contributed by atoms with van der Waals surface area (Å²) in [6.45, 7) is 3.07. The summed E-state index contributed by atoms with van der Waals surface area (Å²) in [7, 11) is 0. The summed E-state index contributed by atoms with van der Waals surface area (Å²) >= 11 is 3.49. The van der Waals surface area contributed by atoms with Gasteiger partial charge >= 0.3 is 0 Å². The van der Waals surface area contributed by atoms with Crippen molar-refractivity contribution in [3.8, 4) is 17.1 Å². The highest BCUT2D eigenvalue weighted by molar-refractivity contribution is 9.10.